The van der Waals surface area contributed by atoms with Gasteiger partial charge in [0.2, 0.25) is 0 Å². The summed E-state index contributed by atoms with van der Waals surface area (Å²) in [5.41, 5.74) is 0.804. The second-order valence-corrected chi connectivity index (χ2v) is 5.75. The fourth-order valence-corrected chi connectivity index (χ4v) is 3.08. The van der Waals surface area contributed by atoms with Gasteiger partial charge in [0, 0.05) is 45.0 Å². The number of anilines is 1. The molecule has 0 unspecified atom stereocenters. The van der Waals surface area contributed by atoms with E-state index < -0.39 is 5.60 Å². The number of β-amino-alcohol motifs (C(OH)–C–C–N with tert-alkyl or cyclic N) is 1. The van der Waals surface area contributed by atoms with Crippen LogP contribution in [0.2, 0.25) is 0 Å². The van der Waals surface area contributed by atoms with Gasteiger partial charge in [0.15, 0.2) is 0 Å². The number of para-hydroxylation sites is 1. The molecule has 1 aromatic rings. The van der Waals surface area contributed by atoms with Crippen molar-refractivity contribution in [3.63, 3.8) is 0 Å². The van der Waals surface area contributed by atoms with Gasteiger partial charge in [0.1, 0.15) is 0 Å². The summed E-state index contributed by atoms with van der Waals surface area (Å²) in [5, 5.41) is 13.7. The van der Waals surface area contributed by atoms with E-state index in [2.05, 4.69) is 45.4 Å². The predicted molar refractivity (Wildman–Crippen MR) is 77.5 cm³/mol. The highest BCUT2D eigenvalue weighted by atomic mass is 16.3. The molecular formula is C15H23N3O. The monoisotopic (exact) mass is 261 g/mol. The van der Waals surface area contributed by atoms with Crippen LogP contribution in [0.4, 0.5) is 5.69 Å². The van der Waals surface area contributed by atoms with Crippen LogP contribution in [0.1, 0.15) is 6.42 Å². The van der Waals surface area contributed by atoms with E-state index in [0.717, 1.165) is 52.2 Å². The van der Waals surface area contributed by atoms with Crippen LogP contribution < -0.4 is 10.2 Å². The molecule has 2 aliphatic rings. The average molecular weight is 261 g/mol. The molecule has 0 amide bonds. The highest BCUT2D eigenvalue weighted by Crippen LogP contribution is 2.19. The van der Waals surface area contributed by atoms with Crippen LogP contribution >= 0.6 is 0 Å². The standard InChI is InChI=1S/C15H23N3O/c19-15(6-7-16-12-15)13-17-8-10-18(11-9-17)14-4-2-1-3-5-14/h1-5,16,19H,6-13H2/t15-/m0/s1. The normalized spacial score (nSPS) is 28.8. The van der Waals surface area contributed by atoms with Crippen molar-refractivity contribution < 1.29 is 5.11 Å². The Morgan fingerprint density at radius 3 is 2.47 bits per heavy atom. The van der Waals surface area contributed by atoms with Crippen molar-refractivity contribution in [1.82, 2.24) is 10.2 Å². The van der Waals surface area contributed by atoms with Gasteiger partial charge in [0.25, 0.3) is 0 Å². The lowest BCUT2D eigenvalue weighted by atomic mass is 10.0. The van der Waals surface area contributed by atoms with Crippen LogP contribution in [-0.4, -0.2) is 61.4 Å². The van der Waals surface area contributed by atoms with Gasteiger partial charge in [-0.25, -0.2) is 0 Å². The minimum atomic E-state index is -0.505. The number of piperazine rings is 1. The highest BCUT2D eigenvalue weighted by Gasteiger charge is 2.33. The molecule has 0 aromatic heterocycles. The molecule has 0 radical (unpaired) electrons. The summed E-state index contributed by atoms with van der Waals surface area (Å²) in [5.74, 6) is 0. The van der Waals surface area contributed by atoms with Crippen molar-refractivity contribution in [3.05, 3.63) is 30.3 Å². The summed E-state index contributed by atoms with van der Waals surface area (Å²) in [6, 6.07) is 10.6. The van der Waals surface area contributed by atoms with Crippen LogP contribution in [0, 0.1) is 0 Å². The van der Waals surface area contributed by atoms with Crippen molar-refractivity contribution in [2.75, 3.05) is 50.7 Å². The number of hydrogen-bond donors (Lipinski definition) is 2. The van der Waals surface area contributed by atoms with E-state index in [1.165, 1.54) is 5.69 Å². The van der Waals surface area contributed by atoms with Crippen LogP contribution in [0.3, 0.4) is 0 Å². The fraction of sp³-hybridized carbons (Fsp3) is 0.600. The first-order chi connectivity index (χ1) is 9.25. The first kappa shape index (κ1) is 12.9. The number of aliphatic hydroxyl groups is 1. The molecule has 3 rings (SSSR count). The molecule has 2 aliphatic heterocycles. The third-order valence-corrected chi connectivity index (χ3v) is 4.23. The lowest BCUT2D eigenvalue weighted by Crippen LogP contribution is -2.52. The molecule has 1 atom stereocenters. The lowest BCUT2D eigenvalue weighted by molar-refractivity contribution is 0.0193. The molecule has 2 heterocycles. The number of benzene rings is 1. The summed E-state index contributed by atoms with van der Waals surface area (Å²) in [6.45, 7) is 6.67. The second kappa shape index (κ2) is 5.49. The van der Waals surface area contributed by atoms with E-state index in [1.54, 1.807) is 0 Å². The van der Waals surface area contributed by atoms with Crippen LogP contribution in [0.25, 0.3) is 0 Å². The number of rotatable bonds is 3. The third-order valence-electron chi connectivity index (χ3n) is 4.23. The second-order valence-electron chi connectivity index (χ2n) is 5.75. The van der Waals surface area contributed by atoms with Crippen molar-refractivity contribution in [3.8, 4) is 0 Å². The van der Waals surface area contributed by atoms with Gasteiger partial charge in [-0.1, -0.05) is 18.2 Å². The summed E-state index contributed by atoms with van der Waals surface area (Å²) in [6.07, 6.45) is 0.881. The fourth-order valence-electron chi connectivity index (χ4n) is 3.08. The van der Waals surface area contributed by atoms with E-state index in [1.807, 2.05) is 0 Å². The number of nitrogens with one attached hydrogen (secondary N) is 1. The van der Waals surface area contributed by atoms with Gasteiger partial charge >= 0.3 is 0 Å². The van der Waals surface area contributed by atoms with E-state index in [-0.39, 0.29) is 0 Å². The Hall–Kier alpha value is -1.10. The summed E-state index contributed by atoms with van der Waals surface area (Å²) in [7, 11) is 0. The zero-order valence-corrected chi connectivity index (χ0v) is 11.4. The maximum absolute atomic E-state index is 10.4. The summed E-state index contributed by atoms with van der Waals surface area (Å²) < 4.78 is 0. The molecular weight excluding hydrogens is 238 g/mol. The molecule has 1 aromatic carbocycles. The van der Waals surface area contributed by atoms with Crippen LogP contribution in [-0.2, 0) is 0 Å². The van der Waals surface area contributed by atoms with Gasteiger partial charge in [-0.2, -0.15) is 0 Å². The molecule has 2 fully saturated rings. The molecule has 19 heavy (non-hydrogen) atoms. The molecule has 104 valence electrons. The SMILES string of the molecule is O[C@@]1(CN2CCN(c3ccccc3)CC2)CCNC1. The van der Waals surface area contributed by atoms with Crippen LogP contribution in [0.15, 0.2) is 30.3 Å². The summed E-state index contributed by atoms with van der Waals surface area (Å²) in [4.78, 5) is 4.82. The zero-order chi connectivity index (χ0) is 13.1. The first-order valence-electron chi connectivity index (χ1n) is 7.21. The van der Waals surface area contributed by atoms with E-state index in [0.29, 0.717) is 0 Å². The van der Waals surface area contributed by atoms with Gasteiger partial charge < -0.3 is 15.3 Å². The quantitative estimate of drug-likeness (QED) is 0.833. The van der Waals surface area contributed by atoms with E-state index >= 15 is 0 Å². The molecule has 4 heteroatoms. The van der Waals surface area contributed by atoms with Gasteiger partial charge in [-0.3, -0.25) is 4.90 Å². The molecule has 2 N–H and O–H groups in total. The Balaban J connectivity index is 1.52. The Morgan fingerprint density at radius 2 is 1.84 bits per heavy atom. The van der Waals surface area contributed by atoms with E-state index in [9.17, 15) is 5.11 Å². The van der Waals surface area contributed by atoms with Gasteiger partial charge in [-0.15, -0.1) is 0 Å². The minimum Gasteiger partial charge on any atom is -0.387 e. The van der Waals surface area contributed by atoms with E-state index in [4.69, 9.17) is 0 Å². The first-order valence-corrected chi connectivity index (χ1v) is 7.21. The Bertz CT molecular complexity index is 395. The van der Waals surface area contributed by atoms with Gasteiger partial charge in [0.05, 0.1) is 5.60 Å². The Morgan fingerprint density at radius 1 is 1.11 bits per heavy atom. The number of nitrogens with zero attached hydrogens (tertiary/aromatic N) is 2. The molecule has 0 aliphatic carbocycles. The molecule has 0 spiro atoms. The van der Waals surface area contributed by atoms with Crippen LogP contribution in [0.5, 0.6) is 0 Å². The zero-order valence-electron chi connectivity index (χ0n) is 11.4. The largest absolute Gasteiger partial charge is 0.387 e. The maximum Gasteiger partial charge on any atom is 0.0909 e. The maximum atomic E-state index is 10.4. The highest BCUT2D eigenvalue weighted by molar-refractivity contribution is 5.46. The molecule has 2 saturated heterocycles. The molecule has 0 saturated carbocycles. The van der Waals surface area contributed by atoms with Crippen molar-refractivity contribution >= 4 is 5.69 Å². The Labute approximate surface area is 115 Å². The third kappa shape index (κ3) is 3.08. The van der Waals surface area contributed by atoms with Crippen molar-refractivity contribution in [2.45, 2.75) is 12.0 Å². The van der Waals surface area contributed by atoms with Crippen molar-refractivity contribution in [2.24, 2.45) is 0 Å². The van der Waals surface area contributed by atoms with Crippen molar-refractivity contribution in [1.29, 1.82) is 0 Å². The predicted octanol–water partition coefficient (Wildman–Crippen LogP) is 0.533. The Kier molecular flexibility index (Phi) is 3.73. The lowest BCUT2D eigenvalue weighted by Gasteiger charge is -2.39. The topological polar surface area (TPSA) is 38.7 Å². The molecule has 4 nitrogen and oxygen atoms in total. The van der Waals surface area contributed by atoms with Gasteiger partial charge in [-0.05, 0) is 25.1 Å². The summed E-state index contributed by atoms with van der Waals surface area (Å²) >= 11 is 0. The number of hydrogen-bond acceptors (Lipinski definition) is 4. The molecule has 0 bridgehead atoms. The smallest absolute Gasteiger partial charge is 0.0909 e. The average Bonchev–Trinajstić information content (AvgIpc) is 2.87. The minimum absolute atomic E-state index is 0.505.